The first-order chi connectivity index (χ1) is 6.56. The number of likely N-dealkylation sites (N-methyl/N-ethyl adjacent to an activating group) is 1. The molecule has 0 aromatic carbocycles. The van der Waals surface area contributed by atoms with Crippen LogP contribution in [0, 0.1) is 0 Å². The number of hydrogen-bond acceptors (Lipinski definition) is 2. The normalized spacial score (nSPS) is 9.64. The summed E-state index contributed by atoms with van der Waals surface area (Å²) in [5, 5.41) is 9.30. The number of nitrogens with zero attached hydrogens (tertiary/aromatic N) is 2. The Morgan fingerprint density at radius 1 is 1.14 bits per heavy atom. The molecule has 0 atom stereocenters. The minimum absolute atomic E-state index is 0.0220. The third kappa shape index (κ3) is 3.91. The Morgan fingerprint density at radius 2 is 1.57 bits per heavy atom. The Kier molecular flexibility index (Phi) is 6.19. The molecule has 0 spiro atoms. The molecule has 0 aliphatic carbocycles. The summed E-state index contributed by atoms with van der Waals surface area (Å²) in [6.07, 6.45) is 0. The molecular formula is C9H18N2O2S. The number of carboxylic acids is 1. The van der Waals surface area contributed by atoms with Crippen LogP contribution < -0.4 is 0 Å². The predicted octanol–water partition coefficient (Wildman–Crippen LogP) is 1.02. The van der Waals surface area contributed by atoms with Crippen LogP contribution in [-0.2, 0) is 4.79 Å². The monoisotopic (exact) mass is 218 g/mol. The molecule has 4 nitrogen and oxygen atoms in total. The van der Waals surface area contributed by atoms with Crippen molar-refractivity contribution < 1.29 is 9.90 Å². The Morgan fingerprint density at radius 3 is 1.86 bits per heavy atom. The van der Waals surface area contributed by atoms with Crippen molar-refractivity contribution in [3.63, 3.8) is 0 Å². The van der Waals surface area contributed by atoms with Crippen LogP contribution in [0.2, 0.25) is 0 Å². The molecular weight excluding hydrogens is 200 g/mol. The van der Waals surface area contributed by atoms with E-state index in [-0.39, 0.29) is 6.54 Å². The molecule has 0 saturated carbocycles. The number of thiocarbonyl (C=S) groups is 1. The Labute approximate surface area is 90.5 Å². The number of aliphatic carboxylic acids is 1. The van der Waals surface area contributed by atoms with Gasteiger partial charge < -0.3 is 14.9 Å². The average molecular weight is 218 g/mol. The van der Waals surface area contributed by atoms with Gasteiger partial charge in [-0.25, -0.2) is 0 Å². The summed E-state index contributed by atoms with van der Waals surface area (Å²) in [6, 6.07) is 0. The summed E-state index contributed by atoms with van der Waals surface area (Å²) in [4.78, 5) is 14.2. The van der Waals surface area contributed by atoms with Crippen LogP contribution in [0.1, 0.15) is 20.8 Å². The van der Waals surface area contributed by atoms with Crippen molar-refractivity contribution in [2.75, 3.05) is 26.2 Å². The van der Waals surface area contributed by atoms with E-state index in [1.165, 1.54) is 0 Å². The number of hydrogen-bond donors (Lipinski definition) is 1. The predicted molar refractivity (Wildman–Crippen MR) is 60.4 cm³/mol. The molecule has 0 radical (unpaired) electrons. The number of carboxylic acid groups (broad SMARTS) is 1. The molecule has 82 valence electrons. The highest BCUT2D eigenvalue weighted by atomic mass is 32.1. The van der Waals surface area contributed by atoms with Crippen molar-refractivity contribution in [3.8, 4) is 0 Å². The summed E-state index contributed by atoms with van der Waals surface area (Å²) >= 11 is 5.20. The van der Waals surface area contributed by atoms with E-state index in [2.05, 4.69) is 0 Å². The first kappa shape index (κ1) is 13.2. The zero-order chi connectivity index (χ0) is 11.1. The van der Waals surface area contributed by atoms with Crippen molar-refractivity contribution >= 4 is 23.3 Å². The van der Waals surface area contributed by atoms with Gasteiger partial charge in [0, 0.05) is 19.6 Å². The smallest absolute Gasteiger partial charge is 0.323 e. The lowest BCUT2D eigenvalue weighted by Gasteiger charge is -2.30. The molecule has 1 N–H and O–H groups in total. The summed E-state index contributed by atoms with van der Waals surface area (Å²) in [5.74, 6) is -0.846. The van der Waals surface area contributed by atoms with E-state index in [1.807, 2.05) is 25.7 Å². The van der Waals surface area contributed by atoms with Crippen LogP contribution in [0.15, 0.2) is 0 Å². The second kappa shape index (κ2) is 6.59. The van der Waals surface area contributed by atoms with Crippen molar-refractivity contribution in [2.24, 2.45) is 0 Å². The topological polar surface area (TPSA) is 43.8 Å². The van der Waals surface area contributed by atoms with Crippen molar-refractivity contribution in [3.05, 3.63) is 0 Å². The SMILES string of the molecule is CCN(CC)C(=S)N(CC)CC(=O)O. The highest BCUT2D eigenvalue weighted by Gasteiger charge is 2.15. The molecule has 0 aromatic rings. The van der Waals surface area contributed by atoms with Gasteiger partial charge in [-0.05, 0) is 33.0 Å². The van der Waals surface area contributed by atoms with Crippen molar-refractivity contribution in [1.82, 2.24) is 9.80 Å². The Hall–Kier alpha value is -0.840. The van der Waals surface area contributed by atoms with Gasteiger partial charge in [0.1, 0.15) is 6.54 Å². The maximum Gasteiger partial charge on any atom is 0.323 e. The molecule has 0 heterocycles. The minimum atomic E-state index is -0.846. The molecule has 14 heavy (non-hydrogen) atoms. The molecule has 5 heteroatoms. The molecule has 0 aliphatic heterocycles. The van der Waals surface area contributed by atoms with E-state index in [0.29, 0.717) is 11.7 Å². The summed E-state index contributed by atoms with van der Waals surface area (Å²) in [7, 11) is 0. The highest BCUT2D eigenvalue weighted by Crippen LogP contribution is 1.99. The van der Waals surface area contributed by atoms with E-state index in [9.17, 15) is 4.79 Å². The van der Waals surface area contributed by atoms with Crippen LogP contribution in [-0.4, -0.2) is 52.2 Å². The van der Waals surface area contributed by atoms with Crippen LogP contribution in [0.3, 0.4) is 0 Å². The third-order valence-electron chi connectivity index (χ3n) is 2.01. The zero-order valence-corrected chi connectivity index (χ0v) is 9.80. The van der Waals surface area contributed by atoms with Gasteiger partial charge in [-0.3, -0.25) is 4.79 Å². The second-order valence-corrected chi connectivity index (χ2v) is 3.23. The standard InChI is InChI=1S/C9H18N2O2S/c1-4-10(5-2)9(14)11(6-3)7-8(12)13/h4-7H2,1-3H3,(H,12,13). The maximum atomic E-state index is 10.6. The molecule has 0 bridgehead atoms. The molecule has 0 fully saturated rings. The minimum Gasteiger partial charge on any atom is -0.480 e. The average Bonchev–Trinajstić information content (AvgIpc) is 2.15. The summed E-state index contributed by atoms with van der Waals surface area (Å²) < 4.78 is 0. The van der Waals surface area contributed by atoms with Crippen molar-refractivity contribution in [1.29, 1.82) is 0 Å². The van der Waals surface area contributed by atoms with Gasteiger partial charge in [0.2, 0.25) is 0 Å². The lowest BCUT2D eigenvalue weighted by molar-refractivity contribution is -0.137. The van der Waals surface area contributed by atoms with Crippen LogP contribution in [0.4, 0.5) is 0 Å². The fourth-order valence-electron chi connectivity index (χ4n) is 1.17. The van der Waals surface area contributed by atoms with E-state index >= 15 is 0 Å². The quantitative estimate of drug-likeness (QED) is 0.698. The zero-order valence-electron chi connectivity index (χ0n) is 8.99. The lowest BCUT2D eigenvalue weighted by Crippen LogP contribution is -2.44. The Balaban J connectivity index is 4.35. The molecule has 0 amide bonds. The highest BCUT2D eigenvalue weighted by molar-refractivity contribution is 7.80. The fourth-order valence-corrected chi connectivity index (χ4v) is 1.62. The van der Waals surface area contributed by atoms with Gasteiger partial charge in [-0.15, -0.1) is 0 Å². The summed E-state index contributed by atoms with van der Waals surface area (Å²) in [5.41, 5.74) is 0. The largest absolute Gasteiger partial charge is 0.480 e. The second-order valence-electron chi connectivity index (χ2n) is 2.86. The van der Waals surface area contributed by atoms with Gasteiger partial charge in [0.15, 0.2) is 5.11 Å². The van der Waals surface area contributed by atoms with E-state index in [0.717, 1.165) is 13.1 Å². The van der Waals surface area contributed by atoms with Gasteiger partial charge in [0.25, 0.3) is 0 Å². The van der Waals surface area contributed by atoms with E-state index in [1.54, 1.807) is 4.90 Å². The lowest BCUT2D eigenvalue weighted by atomic mass is 10.4. The van der Waals surface area contributed by atoms with E-state index in [4.69, 9.17) is 17.3 Å². The molecule has 0 aromatic heterocycles. The van der Waals surface area contributed by atoms with Crippen LogP contribution in [0.25, 0.3) is 0 Å². The first-order valence-corrected chi connectivity index (χ1v) is 5.23. The van der Waals surface area contributed by atoms with Gasteiger partial charge in [-0.2, -0.15) is 0 Å². The third-order valence-corrected chi connectivity index (χ3v) is 2.53. The fraction of sp³-hybridized carbons (Fsp3) is 0.778. The summed E-state index contributed by atoms with van der Waals surface area (Å²) in [6.45, 7) is 8.14. The van der Waals surface area contributed by atoms with Crippen LogP contribution >= 0.6 is 12.2 Å². The molecule has 0 saturated heterocycles. The maximum absolute atomic E-state index is 10.6. The molecule has 0 rings (SSSR count). The van der Waals surface area contributed by atoms with Gasteiger partial charge in [-0.1, -0.05) is 0 Å². The van der Waals surface area contributed by atoms with Gasteiger partial charge >= 0.3 is 5.97 Å². The van der Waals surface area contributed by atoms with Crippen molar-refractivity contribution in [2.45, 2.75) is 20.8 Å². The van der Waals surface area contributed by atoms with Gasteiger partial charge in [0.05, 0.1) is 0 Å². The first-order valence-electron chi connectivity index (χ1n) is 4.82. The number of carbonyl (C=O) groups is 1. The van der Waals surface area contributed by atoms with Crippen LogP contribution in [0.5, 0.6) is 0 Å². The Bertz CT molecular complexity index is 205. The number of rotatable bonds is 5. The molecule has 0 aliphatic rings. The van der Waals surface area contributed by atoms with E-state index < -0.39 is 5.97 Å². The molecule has 0 unspecified atom stereocenters.